The normalized spacial score (nSPS) is 21.1. The number of rotatable bonds is 5. The summed E-state index contributed by atoms with van der Waals surface area (Å²) in [5.74, 6) is 1.67. The molecule has 34 heavy (non-hydrogen) atoms. The monoisotopic (exact) mass is 460 g/mol. The minimum Gasteiger partial charge on any atom is -0.488 e. The first-order chi connectivity index (χ1) is 16.7. The quantitative estimate of drug-likeness (QED) is 0.481. The Balaban J connectivity index is 1.16. The molecule has 0 bridgehead atoms. The average Bonchev–Trinajstić information content (AvgIpc) is 3.27. The lowest BCUT2D eigenvalue weighted by molar-refractivity contribution is 0.122. The van der Waals surface area contributed by atoms with E-state index in [1.54, 1.807) is 23.4 Å². The summed E-state index contributed by atoms with van der Waals surface area (Å²) in [6.07, 6.45) is 10.9. The van der Waals surface area contributed by atoms with E-state index in [1.165, 1.54) is 0 Å². The van der Waals surface area contributed by atoms with E-state index in [-0.39, 0.29) is 6.10 Å². The zero-order valence-electron chi connectivity index (χ0n) is 19.2. The molecule has 4 heterocycles. The van der Waals surface area contributed by atoms with Crippen molar-refractivity contribution >= 4 is 33.6 Å². The van der Waals surface area contributed by atoms with Crippen LogP contribution in [-0.4, -0.2) is 68.2 Å². The van der Waals surface area contributed by atoms with Crippen LogP contribution in [0.5, 0.6) is 5.75 Å². The summed E-state index contributed by atoms with van der Waals surface area (Å²) in [5.41, 5.74) is 3.63. The highest BCUT2D eigenvalue weighted by Crippen LogP contribution is 2.33. The summed E-state index contributed by atoms with van der Waals surface area (Å²) in [4.78, 5) is 20.2. The molecule has 0 amide bonds. The number of nitrogens with one attached hydrogen (secondary N) is 1. The first-order valence-corrected chi connectivity index (χ1v) is 11.9. The summed E-state index contributed by atoms with van der Waals surface area (Å²) < 4.78 is 13.8. The van der Waals surface area contributed by atoms with Gasteiger partial charge in [0, 0.05) is 50.3 Å². The molecule has 1 saturated heterocycles. The van der Waals surface area contributed by atoms with Crippen LogP contribution in [0, 0.1) is 0 Å². The Morgan fingerprint density at radius 2 is 1.82 bits per heavy atom. The maximum Gasteiger partial charge on any atom is 0.163 e. The van der Waals surface area contributed by atoms with Gasteiger partial charge in [0.25, 0.3) is 0 Å². The van der Waals surface area contributed by atoms with Crippen molar-refractivity contribution in [2.75, 3.05) is 36.5 Å². The maximum absolute atomic E-state index is 6.55. The summed E-state index contributed by atoms with van der Waals surface area (Å²) in [5, 5.41) is 8.86. The molecule has 0 atom stereocenters. The third-order valence-electron chi connectivity index (χ3n) is 6.74. The van der Waals surface area contributed by atoms with Crippen LogP contribution in [0.2, 0.25) is 0 Å². The molecule has 1 N–H and O–H groups in total. The Labute approximate surface area is 197 Å². The van der Waals surface area contributed by atoms with Crippen molar-refractivity contribution in [3.8, 4) is 5.75 Å². The second kappa shape index (κ2) is 9.02. The molecular weight excluding hydrogens is 432 g/mol. The molecule has 1 aliphatic carbocycles. The zero-order chi connectivity index (χ0) is 22.9. The van der Waals surface area contributed by atoms with Crippen molar-refractivity contribution < 1.29 is 9.47 Å². The molecule has 2 aliphatic rings. The van der Waals surface area contributed by atoms with Gasteiger partial charge in [-0.3, -0.25) is 9.67 Å². The fourth-order valence-corrected chi connectivity index (χ4v) is 4.90. The van der Waals surface area contributed by atoms with Gasteiger partial charge in [0.2, 0.25) is 0 Å². The molecule has 1 aliphatic heterocycles. The number of ether oxygens (including phenoxy) is 2. The van der Waals surface area contributed by atoms with Crippen LogP contribution in [0.3, 0.4) is 0 Å². The molecule has 176 valence electrons. The lowest BCUT2D eigenvalue weighted by atomic mass is 9.93. The first kappa shape index (κ1) is 21.0. The van der Waals surface area contributed by atoms with Gasteiger partial charge in [0.05, 0.1) is 36.4 Å². The van der Waals surface area contributed by atoms with Crippen LogP contribution in [0.25, 0.3) is 22.1 Å². The summed E-state index contributed by atoms with van der Waals surface area (Å²) in [7, 11) is 1.89. The highest BCUT2D eigenvalue weighted by molar-refractivity contribution is 5.86. The Kier molecular flexibility index (Phi) is 5.58. The van der Waals surface area contributed by atoms with Crippen LogP contribution in [0.15, 0.2) is 37.1 Å². The number of hydrogen-bond acceptors (Lipinski definition) is 9. The molecule has 4 aromatic rings. The van der Waals surface area contributed by atoms with E-state index >= 15 is 0 Å². The third kappa shape index (κ3) is 4.09. The topological polar surface area (TPSA) is 103 Å². The van der Waals surface area contributed by atoms with Gasteiger partial charge < -0.3 is 19.7 Å². The molecular formula is C24H28N8O2. The summed E-state index contributed by atoms with van der Waals surface area (Å²) >= 11 is 0. The Morgan fingerprint density at radius 1 is 1.00 bits per heavy atom. The summed E-state index contributed by atoms with van der Waals surface area (Å²) in [6, 6.07) is 4.56. The molecule has 10 heteroatoms. The predicted molar refractivity (Wildman–Crippen MR) is 129 cm³/mol. The Bertz CT molecular complexity index is 1290. The first-order valence-electron chi connectivity index (χ1n) is 11.9. The number of aromatic nitrogens is 6. The van der Waals surface area contributed by atoms with Crippen molar-refractivity contribution in [1.29, 1.82) is 0 Å². The second-order valence-electron chi connectivity index (χ2n) is 8.93. The van der Waals surface area contributed by atoms with E-state index in [1.807, 2.05) is 13.2 Å². The van der Waals surface area contributed by atoms with E-state index in [0.29, 0.717) is 6.04 Å². The standard InChI is InChI=1S/C24H28N8O2/c1-31-24-19(14-29-31)23(27-15-28-24)30-16-2-4-18(5-3-16)34-21-13-17(32-8-10-33-11-9-32)12-20-22(21)26-7-6-25-20/h6-7,12-16,18H,2-5,8-11H2,1H3,(H,27,28,30). The summed E-state index contributed by atoms with van der Waals surface area (Å²) in [6.45, 7) is 3.22. The van der Waals surface area contributed by atoms with Crippen LogP contribution in [0.4, 0.5) is 11.5 Å². The number of hydrogen-bond donors (Lipinski definition) is 1. The largest absolute Gasteiger partial charge is 0.488 e. The fourth-order valence-electron chi connectivity index (χ4n) is 4.90. The van der Waals surface area contributed by atoms with Gasteiger partial charge in [-0.15, -0.1) is 0 Å². The van der Waals surface area contributed by atoms with Crippen molar-refractivity contribution in [3.63, 3.8) is 0 Å². The molecule has 1 saturated carbocycles. The van der Waals surface area contributed by atoms with Crippen molar-refractivity contribution in [2.45, 2.75) is 37.8 Å². The van der Waals surface area contributed by atoms with E-state index in [0.717, 1.165) is 91.3 Å². The molecule has 0 unspecified atom stereocenters. The van der Waals surface area contributed by atoms with E-state index < -0.39 is 0 Å². The van der Waals surface area contributed by atoms with Crippen LogP contribution < -0.4 is 15.0 Å². The van der Waals surface area contributed by atoms with Gasteiger partial charge in [-0.1, -0.05) is 0 Å². The minimum atomic E-state index is 0.145. The number of nitrogens with zero attached hydrogens (tertiary/aromatic N) is 7. The lowest BCUT2D eigenvalue weighted by Gasteiger charge is -2.31. The smallest absolute Gasteiger partial charge is 0.163 e. The number of morpholine rings is 1. The Morgan fingerprint density at radius 3 is 2.68 bits per heavy atom. The van der Waals surface area contributed by atoms with Gasteiger partial charge in [-0.05, 0) is 31.7 Å². The van der Waals surface area contributed by atoms with Gasteiger partial charge in [0.15, 0.2) is 5.65 Å². The van der Waals surface area contributed by atoms with Crippen molar-refractivity contribution in [2.24, 2.45) is 7.05 Å². The van der Waals surface area contributed by atoms with Gasteiger partial charge in [-0.2, -0.15) is 5.10 Å². The molecule has 0 spiro atoms. The van der Waals surface area contributed by atoms with Crippen molar-refractivity contribution in [1.82, 2.24) is 29.7 Å². The molecule has 1 aromatic carbocycles. The molecule has 2 fully saturated rings. The highest BCUT2D eigenvalue weighted by atomic mass is 16.5. The minimum absolute atomic E-state index is 0.145. The van der Waals surface area contributed by atoms with Gasteiger partial charge in [-0.25, -0.2) is 15.0 Å². The molecule has 6 rings (SSSR count). The zero-order valence-corrected chi connectivity index (χ0v) is 19.2. The molecule has 3 aromatic heterocycles. The highest BCUT2D eigenvalue weighted by Gasteiger charge is 2.25. The van der Waals surface area contributed by atoms with Gasteiger partial charge in [0.1, 0.15) is 23.4 Å². The fraction of sp³-hybridized carbons (Fsp3) is 0.458. The second-order valence-corrected chi connectivity index (χ2v) is 8.93. The predicted octanol–water partition coefficient (Wildman–Crippen LogP) is 2.95. The van der Waals surface area contributed by atoms with E-state index in [2.05, 4.69) is 47.4 Å². The van der Waals surface area contributed by atoms with E-state index in [4.69, 9.17) is 9.47 Å². The van der Waals surface area contributed by atoms with Crippen LogP contribution >= 0.6 is 0 Å². The Hall–Kier alpha value is -3.53. The SMILES string of the molecule is Cn1ncc2c(NC3CCC(Oc4cc(N5CCOCC5)cc5nccnc45)CC3)ncnc21. The molecule has 0 radical (unpaired) electrons. The third-order valence-corrected chi connectivity index (χ3v) is 6.74. The average molecular weight is 461 g/mol. The van der Waals surface area contributed by atoms with E-state index in [9.17, 15) is 0 Å². The number of anilines is 2. The molecule has 10 nitrogen and oxygen atoms in total. The number of fused-ring (bicyclic) bond motifs is 2. The number of benzene rings is 1. The van der Waals surface area contributed by atoms with Gasteiger partial charge >= 0.3 is 0 Å². The number of aryl methyl sites for hydroxylation is 1. The lowest BCUT2D eigenvalue weighted by Crippen LogP contribution is -2.36. The maximum atomic E-state index is 6.55. The van der Waals surface area contributed by atoms with Crippen LogP contribution in [0.1, 0.15) is 25.7 Å². The van der Waals surface area contributed by atoms with Crippen molar-refractivity contribution in [3.05, 3.63) is 37.1 Å². The van der Waals surface area contributed by atoms with Crippen LogP contribution in [-0.2, 0) is 11.8 Å².